The molecule has 14 heavy (non-hydrogen) atoms. The number of carbonyl (C=O) groups is 1. The Kier molecular flexibility index (Phi) is 10.5. The third-order valence-electron chi connectivity index (χ3n) is 1.02. The van der Waals surface area contributed by atoms with Crippen LogP contribution in [0.3, 0.4) is 0 Å². The first-order valence-electron chi connectivity index (χ1n) is 3.86. The molecule has 0 saturated heterocycles. The molecule has 0 bridgehead atoms. The van der Waals surface area contributed by atoms with Crippen molar-refractivity contribution < 1.29 is 28.2 Å². The van der Waals surface area contributed by atoms with Crippen molar-refractivity contribution >= 4 is 18.0 Å². The Hall–Kier alpha value is -0.340. The molecule has 0 aromatic heterocycles. The minimum absolute atomic E-state index is 0.111. The Morgan fingerprint density at radius 2 is 2.14 bits per heavy atom. The molecule has 0 aliphatic carbocycles. The molecule has 7 heteroatoms. The van der Waals surface area contributed by atoms with Crippen LogP contribution in [0.15, 0.2) is 0 Å². The summed E-state index contributed by atoms with van der Waals surface area (Å²) in [6.45, 7) is 0.320. The molecule has 0 atom stereocenters. The summed E-state index contributed by atoms with van der Waals surface area (Å²) in [4.78, 5) is 15.3. The van der Waals surface area contributed by atoms with Crippen LogP contribution in [-0.2, 0) is 28.2 Å². The van der Waals surface area contributed by atoms with Crippen LogP contribution in [-0.4, -0.2) is 45.9 Å². The van der Waals surface area contributed by atoms with Crippen LogP contribution < -0.4 is 0 Å². The van der Waals surface area contributed by atoms with E-state index in [2.05, 4.69) is 14.0 Å². The van der Waals surface area contributed by atoms with Crippen LogP contribution in [0.25, 0.3) is 0 Å². The molecule has 0 aromatic rings. The Morgan fingerprint density at radius 3 is 2.79 bits per heavy atom. The maximum atomic E-state index is 10.8. The van der Waals surface area contributed by atoms with Crippen molar-refractivity contribution in [1.29, 1.82) is 0 Å². The van der Waals surface area contributed by atoms with Gasteiger partial charge in [0.2, 0.25) is 0 Å². The average Bonchev–Trinajstić information content (AvgIpc) is 2.18. The molecule has 0 saturated carbocycles. The smallest absolute Gasteiger partial charge is 0.332 e. The number of esters is 1. The highest BCUT2D eigenvalue weighted by atomic mass is 32.2. The van der Waals surface area contributed by atoms with Crippen LogP contribution in [0.1, 0.15) is 0 Å². The fourth-order valence-corrected chi connectivity index (χ4v) is 0.643. The Labute approximate surface area is 86.9 Å². The summed E-state index contributed by atoms with van der Waals surface area (Å²) >= 11 is 1.04. The zero-order chi connectivity index (χ0) is 10.6. The van der Waals surface area contributed by atoms with Gasteiger partial charge in [-0.15, -0.1) is 0 Å². The van der Waals surface area contributed by atoms with Gasteiger partial charge in [0.25, 0.3) is 0 Å². The van der Waals surface area contributed by atoms with Crippen LogP contribution >= 0.6 is 12.0 Å². The molecule has 0 heterocycles. The van der Waals surface area contributed by atoms with E-state index < -0.39 is 5.97 Å². The van der Waals surface area contributed by atoms with Crippen molar-refractivity contribution in [3.05, 3.63) is 0 Å². The molecule has 0 amide bonds. The minimum Gasteiger partial charge on any atom is -0.462 e. The number of hydrogen-bond donors (Lipinski definition) is 0. The Bertz CT molecular complexity index is 142. The molecular formula is C7H14O6S. The Balaban J connectivity index is 3.10. The number of carbonyl (C=O) groups excluding carboxylic acids is 1. The van der Waals surface area contributed by atoms with E-state index in [0.29, 0.717) is 6.61 Å². The lowest BCUT2D eigenvalue weighted by molar-refractivity contribution is -0.254. The second kappa shape index (κ2) is 10.7. The third kappa shape index (κ3) is 9.75. The van der Waals surface area contributed by atoms with Gasteiger partial charge in [0.15, 0.2) is 6.79 Å². The largest absolute Gasteiger partial charge is 0.462 e. The second-order valence-corrected chi connectivity index (χ2v) is 2.50. The van der Waals surface area contributed by atoms with Gasteiger partial charge >= 0.3 is 5.97 Å². The maximum absolute atomic E-state index is 10.8. The molecule has 0 radical (unpaired) electrons. The molecule has 0 N–H and O–H groups in total. The van der Waals surface area contributed by atoms with E-state index in [1.54, 1.807) is 6.26 Å². The zero-order valence-electron chi connectivity index (χ0n) is 8.19. The molecule has 0 fully saturated rings. The zero-order valence-corrected chi connectivity index (χ0v) is 9.00. The number of ether oxygens (including phenoxy) is 3. The van der Waals surface area contributed by atoms with Gasteiger partial charge in [0, 0.05) is 25.4 Å². The number of methoxy groups -OCH3 is 1. The molecule has 0 unspecified atom stereocenters. The molecule has 0 rings (SSSR count). The molecular weight excluding hydrogens is 212 g/mol. The molecule has 0 aromatic carbocycles. The van der Waals surface area contributed by atoms with Gasteiger partial charge < -0.3 is 14.2 Å². The quantitative estimate of drug-likeness (QED) is 0.141. The minimum atomic E-state index is -0.463. The molecule has 84 valence electrons. The van der Waals surface area contributed by atoms with Crippen molar-refractivity contribution in [1.82, 2.24) is 0 Å². The van der Waals surface area contributed by atoms with Gasteiger partial charge in [0.05, 0.1) is 6.61 Å². The second-order valence-electron chi connectivity index (χ2n) is 2.03. The summed E-state index contributed by atoms with van der Waals surface area (Å²) in [7, 11) is 1.53. The van der Waals surface area contributed by atoms with E-state index in [-0.39, 0.29) is 20.0 Å². The summed E-state index contributed by atoms with van der Waals surface area (Å²) in [5, 5.41) is 0. The number of rotatable bonds is 9. The lowest BCUT2D eigenvalue weighted by atomic mass is 10.7. The monoisotopic (exact) mass is 226 g/mol. The normalized spacial score (nSPS) is 10.1. The van der Waals surface area contributed by atoms with E-state index in [0.717, 1.165) is 12.0 Å². The average molecular weight is 226 g/mol. The fraction of sp³-hybridized carbons (Fsp3) is 0.857. The molecule has 0 aliphatic heterocycles. The van der Waals surface area contributed by atoms with E-state index in [1.165, 1.54) is 7.11 Å². The lowest BCUT2D eigenvalue weighted by Gasteiger charge is -2.04. The summed E-state index contributed by atoms with van der Waals surface area (Å²) in [5.74, 6) is -0.463. The summed E-state index contributed by atoms with van der Waals surface area (Å²) in [6.07, 6.45) is 1.69. The maximum Gasteiger partial charge on any atom is 0.332 e. The first kappa shape index (κ1) is 13.7. The van der Waals surface area contributed by atoms with E-state index in [4.69, 9.17) is 9.47 Å². The van der Waals surface area contributed by atoms with Crippen LogP contribution in [0.5, 0.6) is 0 Å². The fourth-order valence-electron chi connectivity index (χ4n) is 0.507. The molecule has 6 nitrogen and oxygen atoms in total. The number of hydrogen-bond acceptors (Lipinski definition) is 7. The van der Waals surface area contributed by atoms with Crippen molar-refractivity contribution in [3.63, 3.8) is 0 Å². The topological polar surface area (TPSA) is 63.2 Å². The lowest BCUT2D eigenvalue weighted by Crippen LogP contribution is -2.16. The van der Waals surface area contributed by atoms with Crippen LogP contribution in [0, 0.1) is 0 Å². The van der Waals surface area contributed by atoms with Gasteiger partial charge in [-0.25, -0.2) is 4.79 Å². The van der Waals surface area contributed by atoms with Crippen molar-refractivity contribution in [2.75, 3.05) is 40.0 Å². The highest BCUT2D eigenvalue weighted by Gasteiger charge is 2.02. The summed E-state index contributed by atoms with van der Waals surface area (Å²) < 4.78 is 18.6. The van der Waals surface area contributed by atoms with Gasteiger partial charge in [-0.05, 0) is 0 Å². The molecule has 0 aliphatic rings. The predicted octanol–water partition coefficient (Wildman–Crippen LogP) is 0.376. The standard InChI is InChI=1S/C7H14O6S/c1-9-3-4-11-7(8)5-10-6-12-13-14-2/h3-6H2,1-2H3. The third-order valence-corrected chi connectivity index (χ3v) is 1.25. The highest BCUT2D eigenvalue weighted by molar-refractivity contribution is 7.93. The summed E-state index contributed by atoms with van der Waals surface area (Å²) in [5.41, 5.74) is 0. The van der Waals surface area contributed by atoms with E-state index >= 15 is 0 Å². The van der Waals surface area contributed by atoms with Crippen molar-refractivity contribution in [2.45, 2.75) is 0 Å². The highest BCUT2D eigenvalue weighted by Crippen LogP contribution is 1.94. The van der Waals surface area contributed by atoms with Gasteiger partial charge in [-0.1, -0.05) is 0 Å². The van der Waals surface area contributed by atoms with Crippen LogP contribution in [0.2, 0.25) is 0 Å². The van der Waals surface area contributed by atoms with E-state index in [9.17, 15) is 4.79 Å². The van der Waals surface area contributed by atoms with Crippen molar-refractivity contribution in [3.8, 4) is 0 Å². The summed E-state index contributed by atoms with van der Waals surface area (Å²) in [6, 6.07) is 0. The van der Waals surface area contributed by atoms with Gasteiger partial charge in [0.1, 0.15) is 13.2 Å². The van der Waals surface area contributed by atoms with Crippen molar-refractivity contribution in [2.24, 2.45) is 0 Å². The SMILES string of the molecule is COCCOC(=O)COCOOSC. The van der Waals surface area contributed by atoms with Gasteiger partial charge in [-0.3, -0.25) is 0 Å². The molecule has 0 spiro atoms. The Morgan fingerprint density at radius 1 is 1.36 bits per heavy atom. The van der Waals surface area contributed by atoms with E-state index in [1.807, 2.05) is 0 Å². The first-order chi connectivity index (χ1) is 6.81. The van der Waals surface area contributed by atoms with Crippen LogP contribution in [0.4, 0.5) is 0 Å². The predicted molar refractivity (Wildman–Crippen MR) is 49.3 cm³/mol. The first-order valence-corrected chi connectivity index (χ1v) is 5.00. The van der Waals surface area contributed by atoms with Gasteiger partial charge in [-0.2, -0.15) is 9.22 Å².